The van der Waals surface area contributed by atoms with Gasteiger partial charge in [-0.2, -0.15) is 0 Å². The van der Waals surface area contributed by atoms with Gasteiger partial charge in [0.15, 0.2) is 18.3 Å². The molecule has 1 spiro atoms. The van der Waals surface area contributed by atoms with Gasteiger partial charge in [-0.15, -0.1) is 0 Å². The Labute approximate surface area is 165 Å². The molecule has 28 heavy (non-hydrogen) atoms. The Hall–Kier alpha value is -2.59. The molecule has 1 fully saturated rings. The summed E-state index contributed by atoms with van der Waals surface area (Å²) in [5.41, 5.74) is 0.583. The Morgan fingerprint density at radius 1 is 1.07 bits per heavy atom. The molecule has 10 heteroatoms. The molecule has 1 aromatic rings. The van der Waals surface area contributed by atoms with Crippen LogP contribution in [0.3, 0.4) is 0 Å². The zero-order valence-electron chi connectivity index (χ0n) is 15.4. The van der Waals surface area contributed by atoms with E-state index in [1.165, 1.54) is 13.8 Å². The summed E-state index contributed by atoms with van der Waals surface area (Å²) < 4.78 is 21.7. The minimum atomic E-state index is -1.71. The predicted molar refractivity (Wildman–Crippen MR) is 96.3 cm³/mol. The van der Waals surface area contributed by atoms with Crippen LogP contribution in [0.4, 0.5) is 5.69 Å². The maximum absolute atomic E-state index is 13.0. The van der Waals surface area contributed by atoms with Crippen LogP contribution in [-0.4, -0.2) is 53.7 Å². The second-order valence-electron chi connectivity index (χ2n) is 6.28. The molecule has 0 radical (unpaired) electrons. The predicted octanol–water partition coefficient (Wildman–Crippen LogP) is 1.25. The molecule has 1 N–H and O–H groups in total. The number of fused-ring (bicyclic) bond motifs is 1. The summed E-state index contributed by atoms with van der Waals surface area (Å²) >= 11 is 1.05. The lowest BCUT2D eigenvalue weighted by molar-refractivity contribution is -0.230. The number of benzene rings is 1. The van der Waals surface area contributed by atoms with Crippen molar-refractivity contribution in [1.29, 1.82) is 0 Å². The van der Waals surface area contributed by atoms with Gasteiger partial charge in [-0.25, -0.2) is 0 Å². The van der Waals surface area contributed by atoms with E-state index in [4.69, 9.17) is 18.9 Å². The first kappa shape index (κ1) is 20.2. The summed E-state index contributed by atoms with van der Waals surface area (Å²) in [7, 11) is 0. The molecular weight excluding hydrogens is 390 g/mol. The zero-order valence-corrected chi connectivity index (χ0v) is 16.2. The quantitative estimate of drug-likeness (QED) is 0.581. The zero-order chi connectivity index (χ0) is 20.5. The van der Waals surface area contributed by atoms with Gasteiger partial charge in [-0.1, -0.05) is 23.9 Å². The Morgan fingerprint density at radius 3 is 2.36 bits per heavy atom. The van der Waals surface area contributed by atoms with Crippen LogP contribution in [-0.2, 0) is 38.1 Å². The van der Waals surface area contributed by atoms with Gasteiger partial charge >= 0.3 is 17.9 Å². The fraction of sp³-hybridized carbons (Fsp3) is 0.444. The normalized spacial score (nSPS) is 28.7. The smallest absolute Gasteiger partial charge is 0.303 e. The first-order chi connectivity index (χ1) is 13.2. The summed E-state index contributed by atoms with van der Waals surface area (Å²) in [5.74, 6) is -2.59. The molecule has 2 heterocycles. The highest BCUT2D eigenvalue weighted by atomic mass is 32.2. The molecule has 150 valence electrons. The van der Waals surface area contributed by atoms with E-state index in [1.807, 2.05) is 0 Å². The molecule has 3 rings (SSSR count). The molecule has 1 saturated heterocycles. The maximum Gasteiger partial charge on any atom is 0.303 e. The van der Waals surface area contributed by atoms with Gasteiger partial charge in [-0.05, 0) is 12.1 Å². The number of amides is 1. The molecule has 9 nitrogen and oxygen atoms in total. The molecule has 0 aliphatic carbocycles. The van der Waals surface area contributed by atoms with Crippen LogP contribution in [0.1, 0.15) is 20.8 Å². The number of hydrogen-bond acceptors (Lipinski definition) is 9. The SMILES string of the molecule is CC(=O)O[C@@H]1[C@H](OC(C)=O)COC2(Sc3ccccc3NC2=O)[C@H]1OC(C)=O. The van der Waals surface area contributed by atoms with Crippen molar-refractivity contribution in [2.24, 2.45) is 0 Å². The summed E-state index contributed by atoms with van der Waals surface area (Å²) in [4.78, 5) is 46.9. The number of rotatable bonds is 3. The lowest BCUT2D eigenvalue weighted by Gasteiger charge is -2.48. The number of ether oxygens (including phenoxy) is 4. The minimum absolute atomic E-state index is 0.224. The Kier molecular flexibility index (Phi) is 5.61. The van der Waals surface area contributed by atoms with E-state index in [0.717, 1.165) is 18.7 Å². The number of para-hydroxylation sites is 1. The van der Waals surface area contributed by atoms with E-state index in [1.54, 1.807) is 24.3 Å². The molecule has 4 atom stereocenters. The van der Waals surface area contributed by atoms with Crippen molar-refractivity contribution in [3.63, 3.8) is 0 Å². The number of nitrogens with one attached hydrogen (secondary N) is 1. The molecule has 0 aromatic heterocycles. The van der Waals surface area contributed by atoms with Crippen molar-refractivity contribution < 1.29 is 38.1 Å². The van der Waals surface area contributed by atoms with Crippen LogP contribution in [0.25, 0.3) is 0 Å². The number of hydrogen-bond donors (Lipinski definition) is 1. The van der Waals surface area contributed by atoms with Gasteiger partial charge in [0.05, 0.1) is 12.3 Å². The van der Waals surface area contributed by atoms with E-state index >= 15 is 0 Å². The summed E-state index contributed by atoms with van der Waals surface area (Å²) in [6, 6.07) is 7.05. The van der Waals surface area contributed by atoms with Gasteiger partial charge in [0.25, 0.3) is 5.91 Å². The third kappa shape index (κ3) is 3.83. The van der Waals surface area contributed by atoms with Crippen molar-refractivity contribution in [2.45, 2.75) is 48.9 Å². The van der Waals surface area contributed by atoms with Crippen LogP contribution in [0.2, 0.25) is 0 Å². The van der Waals surface area contributed by atoms with Crippen LogP contribution >= 0.6 is 11.8 Å². The van der Waals surface area contributed by atoms with Crippen LogP contribution in [0, 0.1) is 0 Å². The number of anilines is 1. The second-order valence-corrected chi connectivity index (χ2v) is 7.53. The maximum atomic E-state index is 13.0. The number of thioether (sulfide) groups is 1. The average Bonchev–Trinajstić information content (AvgIpc) is 2.60. The highest BCUT2D eigenvalue weighted by molar-refractivity contribution is 8.01. The van der Waals surface area contributed by atoms with Crippen LogP contribution in [0.15, 0.2) is 29.2 Å². The van der Waals surface area contributed by atoms with Crippen molar-refractivity contribution in [3.05, 3.63) is 24.3 Å². The topological polar surface area (TPSA) is 117 Å². The molecule has 2 aliphatic heterocycles. The van der Waals surface area contributed by atoms with E-state index in [0.29, 0.717) is 10.6 Å². The van der Waals surface area contributed by atoms with Crippen molar-refractivity contribution >= 4 is 41.3 Å². The molecule has 1 aromatic carbocycles. The first-order valence-electron chi connectivity index (χ1n) is 8.48. The second kappa shape index (κ2) is 7.80. The van der Waals surface area contributed by atoms with Crippen molar-refractivity contribution in [3.8, 4) is 0 Å². The number of carbonyl (C=O) groups excluding carboxylic acids is 4. The average molecular weight is 409 g/mol. The van der Waals surface area contributed by atoms with Crippen LogP contribution in [0.5, 0.6) is 0 Å². The van der Waals surface area contributed by atoms with E-state index in [9.17, 15) is 19.2 Å². The Bertz CT molecular complexity index is 828. The third-order valence-corrected chi connectivity index (χ3v) is 5.54. The standard InChI is InChI=1S/C18H19NO8S/c1-9(20)25-13-8-24-18(16(27-11(3)22)15(13)26-10(2)21)17(23)19-12-6-4-5-7-14(12)28-18/h4-7,13,15-16H,8H2,1-3H3,(H,19,23)/t13-,15-,16+,18?/m1/s1. The molecule has 0 saturated carbocycles. The molecule has 0 bridgehead atoms. The largest absolute Gasteiger partial charge is 0.456 e. The summed E-state index contributed by atoms with van der Waals surface area (Å²) in [5, 5.41) is 2.73. The molecule has 1 amide bonds. The molecule has 2 aliphatic rings. The number of esters is 3. The fourth-order valence-corrected chi connectivity index (χ4v) is 4.39. The summed E-state index contributed by atoms with van der Waals surface area (Å²) in [6.45, 7) is 3.29. The van der Waals surface area contributed by atoms with Gasteiger partial charge in [0.2, 0.25) is 4.93 Å². The monoisotopic (exact) mass is 409 g/mol. The summed E-state index contributed by atoms with van der Waals surface area (Å²) in [6.07, 6.45) is -3.60. The lowest BCUT2D eigenvalue weighted by atomic mass is 9.97. The molecular formula is C18H19NO8S. The Morgan fingerprint density at radius 2 is 1.71 bits per heavy atom. The van der Waals surface area contributed by atoms with Crippen molar-refractivity contribution in [1.82, 2.24) is 0 Å². The molecule has 1 unspecified atom stereocenters. The van der Waals surface area contributed by atoms with Gasteiger partial charge in [0, 0.05) is 25.7 Å². The van der Waals surface area contributed by atoms with E-state index in [2.05, 4.69) is 5.32 Å². The Balaban J connectivity index is 2.04. The lowest BCUT2D eigenvalue weighted by Crippen LogP contribution is -2.67. The first-order valence-corrected chi connectivity index (χ1v) is 9.29. The highest BCUT2D eigenvalue weighted by Crippen LogP contribution is 2.49. The third-order valence-electron chi connectivity index (χ3n) is 4.13. The minimum Gasteiger partial charge on any atom is -0.456 e. The van der Waals surface area contributed by atoms with Gasteiger partial charge < -0.3 is 24.3 Å². The fourth-order valence-electron chi connectivity index (χ4n) is 3.12. The highest BCUT2D eigenvalue weighted by Gasteiger charge is 2.62. The van der Waals surface area contributed by atoms with Crippen molar-refractivity contribution in [2.75, 3.05) is 11.9 Å². The number of carbonyl (C=O) groups is 4. The van der Waals surface area contributed by atoms with Gasteiger partial charge in [-0.3, -0.25) is 19.2 Å². The van der Waals surface area contributed by atoms with E-state index in [-0.39, 0.29) is 6.61 Å². The van der Waals surface area contributed by atoms with Crippen LogP contribution < -0.4 is 5.32 Å². The van der Waals surface area contributed by atoms with E-state index < -0.39 is 47.1 Å². The van der Waals surface area contributed by atoms with Gasteiger partial charge in [0.1, 0.15) is 0 Å².